The van der Waals surface area contributed by atoms with Gasteiger partial charge in [0.15, 0.2) is 0 Å². The van der Waals surface area contributed by atoms with E-state index >= 15 is 0 Å². The summed E-state index contributed by atoms with van der Waals surface area (Å²) in [5, 5.41) is 3.27. The standard InChI is InChI=1S/C16H26N2O/c1-5-8-14-9-11-15(12-10-14)17-13(4)16(19)18(6-2)7-3/h9-13,17H,5-8H2,1-4H3. The van der Waals surface area contributed by atoms with Gasteiger partial charge in [-0.1, -0.05) is 25.5 Å². The lowest BCUT2D eigenvalue weighted by molar-refractivity contribution is -0.131. The van der Waals surface area contributed by atoms with E-state index < -0.39 is 0 Å². The third-order valence-electron chi connectivity index (χ3n) is 3.32. The van der Waals surface area contributed by atoms with Gasteiger partial charge in [0.25, 0.3) is 0 Å². The molecule has 1 atom stereocenters. The van der Waals surface area contributed by atoms with E-state index in [0.29, 0.717) is 0 Å². The lowest BCUT2D eigenvalue weighted by Crippen LogP contribution is -2.41. The van der Waals surface area contributed by atoms with Crippen LogP contribution in [0.5, 0.6) is 0 Å². The number of hydrogen-bond donors (Lipinski definition) is 1. The van der Waals surface area contributed by atoms with Gasteiger partial charge in [-0.05, 0) is 44.9 Å². The fraction of sp³-hybridized carbons (Fsp3) is 0.562. The number of rotatable bonds is 7. The Morgan fingerprint density at radius 3 is 2.21 bits per heavy atom. The highest BCUT2D eigenvalue weighted by Crippen LogP contribution is 2.12. The van der Waals surface area contributed by atoms with Crippen LogP contribution < -0.4 is 5.32 Å². The van der Waals surface area contributed by atoms with Crippen LogP contribution in [0.25, 0.3) is 0 Å². The maximum atomic E-state index is 12.1. The number of carbonyl (C=O) groups excluding carboxylic acids is 1. The Labute approximate surface area is 117 Å². The van der Waals surface area contributed by atoms with Crippen LogP contribution in [0.2, 0.25) is 0 Å². The quantitative estimate of drug-likeness (QED) is 0.817. The van der Waals surface area contributed by atoms with Crippen molar-refractivity contribution in [2.24, 2.45) is 0 Å². The molecule has 0 aliphatic carbocycles. The molecule has 0 aliphatic rings. The summed E-state index contributed by atoms with van der Waals surface area (Å²) in [5.41, 5.74) is 2.35. The van der Waals surface area contributed by atoms with Gasteiger partial charge in [0, 0.05) is 18.8 Å². The Morgan fingerprint density at radius 1 is 1.16 bits per heavy atom. The van der Waals surface area contributed by atoms with Gasteiger partial charge in [-0.3, -0.25) is 4.79 Å². The molecule has 0 aromatic heterocycles. The third-order valence-corrected chi connectivity index (χ3v) is 3.32. The van der Waals surface area contributed by atoms with Gasteiger partial charge in [-0.2, -0.15) is 0 Å². The molecule has 1 N–H and O–H groups in total. The topological polar surface area (TPSA) is 32.3 Å². The van der Waals surface area contributed by atoms with Gasteiger partial charge in [-0.15, -0.1) is 0 Å². The van der Waals surface area contributed by atoms with E-state index in [0.717, 1.165) is 31.6 Å². The zero-order valence-electron chi connectivity index (χ0n) is 12.6. The molecule has 0 fully saturated rings. The second-order valence-corrected chi connectivity index (χ2v) is 4.82. The summed E-state index contributed by atoms with van der Waals surface area (Å²) in [6, 6.07) is 8.17. The highest BCUT2D eigenvalue weighted by molar-refractivity contribution is 5.84. The molecule has 0 radical (unpaired) electrons. The van der Waals surface area contributed by atoms with Crippen molar-refractivity contribution < 1.29 is 4.79 Å². The van der Waals surface area contributed by atoms with Crippen molar-refractivity contribution in [3.63, 3.8) is 0 Å². The van der Waals surface area contributed by atoms with Crippen molar-refractivity contribution in [2.75, 3.05) is 18.4 Å². The number of nitrogens with zero attached hydrogens (tertiary/aromatic N) is 1. The van der Waals surface area contributed by atoms with Gasteiger partial charge in [-0.25, -0.2) is 0 Å². The first-order valence-electron chi connectivity index (χ1n) is 7.26. The molecule has 1 unspecified atom stereocenters. The lowest BCUT2D eigenvalue weighted by Gasteiger charge is -2.24. The monoisotopic (exact) mass is 262 g/mol. The molecule has 1 aromatic rings. The van der Waals surface area contributed by atoms with Crippen molar-refractivity contribution >= 4 is 11.6 Å². The van der Waals surface area contributed by atoms with E-state index in [1.165, 1.54) is 5.56 Å². The number of nitrogens with one attached hydrogen (secondary N) is 1. The molecule has 0 saturated heterocycles. The molecule has 1 rings (SSSR count). The molecule has 1 aromatic carbocycles. The van der Waals surface area contributed by atoms with Gasteiger partial charge in [0.2, 0.25) is 5.91 Å². The minimum Gasteiger partial charge on any atom is -0.374 e. The summed E-state index contributed by atoms with van der Waals surface area (Å²) in [7, 11) is 0. The molecule has 1 amide bonds. The van der Waals surface area contributed by atoms with Crippen LogP contribution in [0, 0.1) is 0 Å². The Bertz CT molecular complexity index is 382. The Hall–Kier alpha value is -1.51. The fourth-order valence-corrected chi connectivity index (χ4v) is 2.18. The molecule has 3 nitrogen and oxygen atoms in total. The maximum Gasteiger partial charge on any atom is 0.244 e. The summed E-state index contributed by atoms with van der Waals surface area (Å²) in [5.74, 6) is 0.155. The fourth-order valence-electron chi connectivity index (χ4n) is 2.18. The van der Waals surface area contributed by atoms with Crippen molar-refractivity contribution in [2.45, 2.75) is 46.6 Å². The Kier molecular flexibility index (Phi) is 6.40. The average molecular weight is 262 g/mol. The van der Waals surface area contributed by atoms with Gasteiger partial charge in [0.1, 0.15) is 6.04 Å². The highest BCUT2D eigenvalue weighted by atomic mass is 16.2. The first-order valence-corrected chi connectivity index (χ1v) is 7.26. The zero-order chi connectivity index (χ0) is 14.3. The number of benzene rings is 1. The van der Waals surface area contributed by atoms with Crippen LogP contribution in [0.3, 0.4) is 0 Å². The smallest absolute Gasteiger partial charge is 0.244 e. The number of carbonyl (C=O) groups is 1. The van der Waals surface area contributed by atoms with Crippen LogP contribution in [-0.2, 0) is 11.2 Å². The van der Waals surface area contributed by atoms with E-state index in [1.807, 2.05) is 25.7 Å². The molecule has 0 heterocycles. The molecule has 0 aliphatic heterocycles. The number of anilines is 1. The van der Waals surface area contributed by atoms with Crippen molar-refractivity contribution in [1.82, 2.24) is 4.90 Å². The number of hydrogen-bond acceptors (Lipinski definition) is 2. The summed E-state index contributed by atoms with van der Waals surface area (Å²) < 4.78 is 0. The first-order chi connectivity index (χ1) is 9.12. The molecule has 0 saturated carbocycles. The van der Waals surface area contributed by atoms with Crippen molar-refractivity contribution in [3.05, 3.63) is 29.8 Å². The number of likely N-dealkylation sites (N-methyl/N-ethyl adjacent to an activating group) is 1. The van der Waals surface area contributed by atoms with Gasteiger partial charge in [0.05, 0.1) is 0 Å². The van der Waals surface area contributed by atoms with Crippen LogP contribution in [0.4, 0.5) is 5.69 Å². The number of aryl methyl sites for hydroxylation is 1. The predicted octanol–water partition coefficient (Wildman–Crippen LogP) is 3.31. The summed E-state index contributed by atoms with van der Waals surface area (Å²) in [4.78, 5) is 14.0. The molecule has 0 spiro atoms. The first kappa shape index (κ1) is 15.5. The molecular formula is C16H26N2O. The van der Waals surface area contributed by atoms with E-state index in [1.54, 1.807) is 0 Å². The van der Waals surface area contributed by atoms with Gasteiger partial charge >= 0.3 is 0 Å². The number of amides is 1. The molecule has 0 bridgehead atoms. The summed E-state index contributed by atoms with van der Waals surface area (Å²) in [6.07, 6.45) is 2.26. The second-order valence-electron chi connectivity index (χ2n) is 4.82. The average Bonchev–Trinajstić information content (AvgIpc) is 2.42. The molecular weight excluding hydrogens is 236 g/mol. The van der Waals surface area contributed by atoms with Crippen LogP contribution in [0.1, 0.15) is 39.7 Å². The van der Waals surface area contributed by atoms with E-state index in [4.69, 9.17) is 0 Å². The maximum absolute atomic E-state index is 12.1. The van der Waals surface area contributed by atoms with Crippen LogP contribution >= 0.6 is 0 Å². The zero-order valence-corrected chi connectivity index (χ0v) is 12.6. The van der Waals surface area contributed by atoms with Crippen LogP contribution in [-0.4, -0.2) is 29.9 Å². The Balaban J connectivity index is 2.60. The van der Waals surface area contributed by atoms with E-state index in [2.05, 4.69) is 36.5 Å². The summed E-state index contributed by atoms with van der Waals surface area (Å²) in [6.45, 7) is 9.63. The van der Waals surface area contributed by atoms with Crippen molar-refractivity contribution in [3.8, 4) is 0 Å². The minimum absolute atomic E-state index is 0.155. The lowest BCUT2D eigenvalue weighted by atomic mass is 10.1. The largest absolute Gasteiger partial charge is 0.374 e. The van der Waals surface area contributed by atoms with Crippen LogP contribution in [0.15, 0.2) is 24.3 Å². The SMILES string of the molecule is CCCc1ccc(NC(C)C(=O)N(CC)CC)cc1. The Morgan fingerprint density at radius 2 is 1.74 bits per heavy atom. The highest BCUT2D eigenvalue weighted by Gasteiger charge is 2.17. The molecule has 19 heavy (non-hydrogen) atoms. The molecule has 3 heteroatoms. The molecule has 106 valence electrons. The van der Waals surface area contributed by atoms with E-state index in [9.17, 15) is 4.79 Å². The third kappa shape index (κ3) is 4.58. The normalized spacial score (nSPS) is 12.0. The minimum atomic E-state index is -0.183. The second kappa shape index (κ2) is 7.82. The predicted molar refractivity (Wildman–Crippen MR) is 81.4 cm³/mol. The summed E-state index contributed by atoms with van der Waals surface area (Å²) >= 11 is 0. The van der Waals surface area contributed by atoms with Crippen molar-refractivity contribution in [1.29, 1.82) is 0 Å². The van der Waals surface area contributed by atoms with Gasteiger partial charge < -0.3 is 10.2 Å². The van der Waals surface area contributed by atoms with E-state index in [-0.39, 0.29) is 11.9 Å².